The zero-order chi connectivity index (χ0) is 28.0. The van der Waals surface area contributed by atoms with Gasteiger partial charge in [-0.2, -0.15) is 5.10 Å². The molecular weight excluding hydrogens is 551 g/mol. The van der Waals surface area contributed by atoms with Crippen LogP contribution in [0.5, 0.6) is 0 Å². The number of urea groups is 1. The fourth-order valence-corrected chi connectivity index (χ4v) is 7.45. The number of likely N-dealkylation sites (tertiary alicyclic amines) is 1. The Morgan fingerprint density at radius 2 is 1.88 bits per heavy atom. The highest BCUT2D eigenvalue weighted by Crippen LogP contribution is 2.35. The van der Waals surface area contributed by atoms with Crippen molar-refractivity contribution in [1.29, 1.82) is 0 Å². The molecule has 0 spiro atoms. The first kappa shape index (κ1) is 27.8. The number of amides is 3. The Kier molecular flexibility index (Phi) is 8.00. The lowest BCUT2D eigenvalue weighted by atomic mass is 9.89. The van der Waals surface area contributed by atoms with Gasteiger partial charge in [0.15, 0.2) is 0 Å². The number of benzene rings is 1. The number of hydrogen-bond acceptors (Lipinski definition) is 5. The molecule has 0 radical (unpaired) electrons. The third-order valence-electron chi connectivity index (χ3n) is 9.21. The van der Waals surface area contributed by atoms with Crippen LogP contribution in [-0.2, 0) is 24.3 Å². The fourth-order valence-electron chi connectivity index (χ4n) is 7.15. The summed E-state index contributed by atoms with van der Waals surface area (Å²) in [7, 11) is 0. The molecule has 216 valence electrons. The van der Waals surface area contributed by atoms with Crippen LogP contribution in [0.15, 0.2) is 18.2 Å². The van der Waals surface area contributed by atoms with Gasteiger partial charge < -0.3 is 25.1 Å². The van der Waals surface area contributed by atoms with E-state index in [2.05, 4.69) is 15.1 Å². The molecule has 1 saturated carbocycles. The van der Waals surface area contributed by atoms with Gasteiger partial charge in [-0.15, -0.1) is 0 Å². The maximum absolute atomic E-state index is 12.7. The quantitative estimate of drug-likeness (QED) is 0.533. The van der Waals surface area contributed by atoms with Crippen LogP contribution < -0.4 is 5.32 Å². The molecule has 4 heterocycles. The summed E-state index contributed by atoms with van der Waals surface area (Å²) in [6, 6.07) is 6.51. The largest absolute Gasteiger partial charge is 0.390 e. The van der Waals surface area contributed by atoms with Crippen LogP contribution in [0, 0.1) is 0 Å². The minimum Gasteiger partial charge on any atom is -0.390 e. The number of aliphatic hydroxyl groups is 1. The van der Waals surface area contributed by atoms with Gasteiger partial charge in [-0.25, -0.2) is 4.79 Å². The molecule has 3 amide bonds. The van der Waals surface area contributed by atoms with Gasteiger partial charge in [-0.3, -0.25) is 9.48 Å². The molecule has 3 atom stereocenters. The molecule has 6 rings (SSSR count). The monoisotopic (exact) mass is 588 g/mol. The van der Waals surface area contributed by atoms with Gasteiger partial charge in [0, 0.05) is 68.9 Å². The SMILES string of the molecule is CC(=O)N1CCc2c(c(-c3ccc(Cl)c(Cl)c3)nn2CC(O)CN2CCC(N3C(=O)NC4CCCCC43)CC2)C1. The normalized spacial score (nSPS) is 24.6. The molecule has 3 unspecified atom stereocenters. The van der Waals surface area contributed by atoms with Crippen molar-refractivity contribution in [2.24, 2.45) is 0 Å². The average molecular weight is 590 g/mol. The minimum atomic E-state index is -0.592. The molecule has 1 aromatic carbocycles. The Morgan fingerprint density at radius 3 is 2.62 bits per heavy atom. The summed E-state index contributed by atoms with van der Waals surface area (Å²) in [6.45, 7) is 5.36. The van der Waals surface area contributed by atoms with Crippen LogP contribution in [0.1, 0.15) is 56.7 Å². The molecule has 2 saturated heterocycles. The summed E-state index contributed by atoms with van der Waals surface area (Å²) in [5, 5.41) is 20.2. The lowest BCUT2D eigenvalue weighted by Crippen LogP contribution is -2.51. The summed E-state index contributed by atoms with van der Waals surface area (Å²) in [5.41, 5.74) is 3.67. The summed E-state index contributed by atoms with van der Waals surface area (Å²) in [5.74, 6) is 0.0346. The van der Waals surface area contributed by atoms with E-state index in [-0.39, 0.29) is 18.0 Å². The van der Waals surface area contributed by atoms with Crippen molar-refractivity contribution in [3.8, 4) is 11.3 Å². The molecule has 0 bridgehead atoms. The number of halogens is 2. The molecule has 4 aliphatic rings. The molecule has 1 aliphatic carbocycles. The Morgan fingerprint density at radius 1 is 1.10 bits per heavy atom. The topological polar surface area (TPSA) is 93.9 Å². The van der Waals surface area contributed by atoms with E-state index >= 15 is 0 Å². The minimum absolute atomic E-state index is 0.0346. The van der Waals surface area contributed by atoms with Crippen molar-refractivity contribution in [3.63, 3.8) is 0 Å². The number of nitrogens with one attached hydrogen (secondary N) is 1. The second-order valence-electron chi connectivity index (χ2n) is 11.8. The van der Waals surface area contributed by atoms with E-state index in [0.717, 1.165) is 61.3 Å². The number of aliphatic hydroxyl groups excluding tert-OH is 1. The summed E-state index contributed by atoms with van der Waals surface area (Å²) < 4.78 is 1.92. The summed E-state index contributed by atoms with van der Waals surface area (Å²) in [4.78, 5) is 31.2. The zero-order valence-corrected chi connectivity index (χ0v) is 24.5. The van der Waals surface area contributed by atoms with E-state index in [1.165, 1.54) is 12.8 Å². The third kappa shape index (κ3) is 5.45. The van der Waals surface area contributed by atoms with Crippen LogP contribution in [0.4, 0.5) is 4.79 Å². The van der Waals surface area contributed by atoms with Gasteiger partial charge in [0.05, 0.1) is 40.5 Å². The van der Waals surface area contributed by atoms with Gasteiger partial charge in [-0.1, -0.05) is 42.1 Å². The molecule has 9 nitrogen and oxygen atoms in total. The van der Waals surface area contributed by atoms with Crippen LogP contribution in [-0.4, -0.2) is 91.9 Å². The number of hydrogen-bond donors (Lipinski definition) is 2. The Balaban J connectivity index is 1.12. The van der Waals surface area contributed by atoms with Gasteiger partial charge in [0.1, 0.15) is 0 Å². The lowest BCUT2D eigenvalue weighted by Gasteiger charge is -2.40. The standard InChI is InChI=1S/C29H38Cl2N6O3/c1-18(38)35-13-10-26-22(17-35)28(19-6-7-23(30)24(31)14-19)33-36(26)16-21(39)15-34-11-8-20(9-12-34)37-27-5-3-2-4-25(27)32-29(37)40/h6-7,14,20-21,25,27,39H,2-5,8-13,15-17H2,1H3,(H,32,40). The van der Waals surface area contributed by atoms with E-state index in [4.69, 9.17) is 28.3 Å². The van der Waals surface area contributed by atoms with Crippen LogP contribution in [0.3, 0.4) is 0 Å². The molecule has 40 heavy (non-hydrogen) atoms. The van der Waals surface area contributed by atoms with Gasteiger partial charge in [0.25, 0.3) is 0 Å². The Bertz CT molecular complexity index is 1280. The van der Waals surface area contributed by atoms with Crippen molar-refractivity contribution < 1.29 is 14.7 Å². The molecule has 1 aromatic heterocycles. The van der Waals surface area contributed by atoms with Gasteiger partial charge in [-0.05, 0) is 37.8 Å². The Hall–Kier alpha value is -2.33. The number of carbonyl (C=O) groups is 2. The van der Waals surface area contributed by atoms with Gasteiger partial charge in [0.2, 0.25) is 5.91 Å². The second kappa shape index (κ2) is 11.5. The molecule has 2 aromatic rings. The van der Waals surface area contributed by atoms with Gasteiger partial charge >= 0.3 is 6.03 Å². The number of rotatable bonds is 6. The molecule has 11 heteroatoms. The lowest BCUT2D eigenvalue weighted by molar-refractivity contribution is -0.129. The van der Waals surface area contributed by atoms with Crippen LogP contribution >= 0.6 is 23.2 Å². The zero-order valence-electron chi connectivity index (χ0n) is 23.0. The highest BCUT2D eigenvalue weighted by atomic mass is 35.5. The third-order valence-corrected chi connectivity index (χ3v) is 9.94. The van der Waals surface area contributed by atoms with Crippen LogP contribution in [0.2, 0.25) is 10.0 Å². The highest BCUT2D eigenvalue weighted by Gasteiger charge is 2.44. The highest BCUT2D eigenvalue weighted by molar-refractivity contribution is 6.42. The molecule has 2 N–H and O–H groups in total. The maximum atomic E-state index is 12.7. The van der Waals surface area contributed by atoms with Crippen molar-refractivity contribution in [3.05, 3.63) is 39.5 Å². The number of nitrogens with zero attached hydrogens (tertiary/aromatic N) is 5. The van der Waals surface area contributed by atoms with Crippen molar-refractivity contribution >= 4 is 35.1 Å². The van der Waals surface area contributed by atoms with Crippen molar-refractivity contribution in [2.45, 2.75) is 89.2 Å². The Labute approximate surface area is 245 Å². The fraction of sp³-hybridized carbons (Fsp3) is 0.621. The van der Waals surface area contributed by atoms with Crippen LogP contribution in [0.25, 0.3) is 11.3 Å². The van der Waals surface area contributed by atoms with E-state index in [1.807, 2.05) is 15.6 Å². The number of aromatic nitrogens is 2. The first-order valence-electron chi connectivity index (χ1n) is 14.6. The van der Waals surface area contributed by atoms with Crippen molar-refractivity contribution in [2.75, 3.05) is 26.2 Å². The average Bonchev–Trinajstić information content (AvgIpc) is 3.47. The first-order chi connectivity index (χ1) is 19.3. The number of piperidine rings is 1. The maximum Gasteiger partial charge on any atom is 0.318 e. The van der Waals surface area contributed by atoms with E-state index < -0.39 is 6.10 Å². The summed E-state index contributed by atoms with van der Waals surface area (Å²) >= 11 is 12.5. The predicted molar refractivity (Wildman–Crippen MR) is 154 cm³/mol. The number of fused-ring (bicyclic) bond motifs is 2. The van der Waals surface area contributed by atoms with E-state index in [1.54, 1.807) is 19.1 Å². The summed E-state index contributed by atoms with van der Waals surface area (Å²) in [6.07, 6.45) is 6.56. The smallest absolute Gasteiger partial charge is 0.318 e. The molecule has 3 fully saturated rings. The number of carbonyl (C=O) groups excluding carboxylic acids is 2. The second-order valence-corrected chi connectivity index (χ2v) is 12.6. The van der Waals surface area contributed by atoms with E-state index in [9.17, 15) is 14.7 Å². The predicted octanol–water partition coefficient (Wildman–Crippen LogP) is 3.92. The molecular formula is C29H38Cl2N6O3. The van der Waals surface area contributed by atoms with E-state index in [0.29, 0.717) is 54.7 Å². The number of β-amino-alcohol motifs (C(OH)–C–C–N with tert-alkyl or cyclic N) is 1. The molecule has 3 aliphatic heterocycles. The van der Waals surface area contributed by atoms with Crippen molar-refractivity contribution in [1.82, 2.24) is 29.8 Å². The first-order valence-corrected chi connectivity index (χ1v) is 15.3.